The summed E-state index contributed by atoms with van der Waals surface area (Å²) in [6.45, 7) is 0. The molecular weight excluding hydrogens is 150 g/mol. The monoisotopic (exact) mass is 159 g/mol. The van der Waals surface area contributed by atoms with Gasteiger partial charge in [-0.1, -0.05) is 18.2 Å². The Kier molecular flexibility index (Phi) is 1.78. The highest BCUT2D eigenvalue weighted by molar-refractivity contribution is 5.39. The Balaban J connectivity index is 2.75. The molecule has 12 heavy (non-hydrogen) atoms. The normalized spacial score (nSPS) is 20.2. The van der Waals surface area contributed by atoms with Crippen molar-refractivity contribution in [3.05, 3.63) is 52.2 Å². The third-order valence-corrected chi connectivity index (χ3v) is 1.83. The van der Waals surface area contributed by atoms with Gasteiger partial charge in [0.1, 0.15) is 6.20 Å². The van der Waals surface area contributed by atoms with E-state index < -0.39 is 0 Å². The summed E-state index contributed by atoms with van der Waals surface area (Å²) in [5.41, 5.74) is 0. The highest BCUT2D eigenvalue weighted by Crippen LogP contribution is 1.75. The number of rotatable bonds is 0. The fourth-order valence-electron chi connectivity index (χ4n) is 1.24. The predicted octanol–water partition coefficient (Wildman–Crippen LogP) is -0.885. The van der Waals surface area contributed by atoms with Crippen molar-refractivity contribution in [1.82, 2.24) is 0 Å². The summed E-state index contributed by atoms with van der Waals surface area (Å²) in [5, 5.41) is 13.2. The summed E-state index contributed by atoms with van der Waals surface area (Å²) < 4.78 is 0. The lowest BCUT2D eigenvalue weighted by Gasteiger charge is -2.08. The molecule has 0 aliphatic carbocycles. The van der Waals surface area contributed by atoms with Crippen molar-refractivity contribution in [2.75, 3.05) is 0 Å². The molecular formula is C10H9NO. The van der Waals surface area contributed by atoms with E-state index in [9.17, 15) is 5.21 Å². The van der Waals surface area contributed by atoms with Crippen LogP contribution < -0.4 is 15.5 Å². The van der Waals surface area contributed by atoms with Crippen LogP contribution in [0.3, 0.4) is 0 Å². The third kappa shape index (κ3) is 1.30. The lowest BCUT2D eigenvalue weighted by molar-refractivity contribution is -0.696. The molecule has 1 aromatic carbocycles. The quantitative estimate of drug-likeness (QED) is 0.489. The summed E-state index contributed by atoms with van der Waals surface area (Å²) in [6, 6.07) is 7.83. The zero-order valence-corrected chi connectivity index (χ0v) is 6.53. The van der Waals surface area contributed by atoms with E-state index in [1.54, 1.807) is 18.5 Å². The number of hydroxylamine groups is 2. The molecule has 0 aromatic heterocycles. The first-order valence-electron chi connectivity index (χ1n) is 3.85. The second-order valence-electron chi connectivity index (χ2n) is 2.70. The van der Waals surface area contributed by atoms with Gasteiger partial charge in [0, 0.05) is 5.22 Å². The molecule has 0 saturated heterocycles. The van der Waals surface area contributed by atoms with Gasteiger partial charge in [0.05, 0.1) is 6.20 Å². The van der Waals surface area contributed by atoms with Gasteiger partial charge in [0.25, 0.3) is 0 Å². The molecule has 0 radical (unpaired) electrons. The van der Waals surface area contributed by atoms with Crippen LogP contribution in [0.4, 0.5) is 0 Å². The van der Waals surface area contributed by atoms with Crippen molar-refractivity contribution in [2.24, 2.45) is 0 Å². The number of fused-ring (bicyclic) bond motifs is 1. The topological polar surface area (TPSA) is 27.5 Å². The van der Waals surface area contributed by atoms with E-state index in [4.69, 9.17) is 0 Å². The summed E-state index contributed by atoms with van der Waals surface area (Å²) in [5.74, 6) is 0. The number of allylic oxidation sites excluding steroid dienone is 1. The van der Waals surface area contributed by atoms with Crippen LogP contribution in [0.2, 0.25) is 0 Å². The Labute approximate surface area is 70.3 Å². The van der Waals surface area contributed by atoms with Crippen LogP contribution >= 0.6 is 0 Å². The van der Waals surface area contributed by atoms with E-state index in [0.29, 0.717) is 0 Å². The van der Waals surface area contributed by atoms with Crippen LogP contribution in [0.15, 0.2) is 36.5 Å². The van der Waals surface area contributed by atoms with Crippen molar-refractivity contribution < 1.29 is 5.06 Å². The molecule has 2 rings (SSSR count). The molecule has 0 bridgehead atoms. The Bertz CT molecular complexity index is 420. The Morgan fingerprint density at radius 1 is 1.08 bits per heavy atom. The second kappa shape index (κ2) is 2.93. The van der Waals surface area contributed by atoms with Gasteiger partial charge in [-0.25, -0.2) is 0 Å². The second-order valence-corrected chi connectivity index (χ2v) is 2.70. The van der Waals surface area contributed by atoms with Gasteiger partial charge >= 0.3 is 0 Å². The lowest BCUT2D eigenvalue weighted by Crippen LogP contribution is -2.96. The molecule has 0 spiro atoms. The summed E-state index contributed by atoms with van der Waals surface area (Å²) >= 11 is 0. The smallest absolute Gasteiger partial charge is 0.107 e. The molecule has 0 saturated carbocycles. The molecule has 1 N–H and O–H groups in total. The van der Waals surface area contributed by atoms with Crippen molar-refractivity contribution in [3.63, 3.8) is 0 Å². The Morgan fingerprint density at radius 2 is 1.83 bits per heavy atom. The van der Waals surface area contributed by atoms with Crippen molar-refractivity contribution in [2.45, 2.75) is 0 Å². The maximum absolute atomic E-state index is 11.1. The minimum absolute atomic E-state index is 0.0520. The highest BCUT2D eigenvalue weighted by Gasteiger charge is 1.90. The number of benzene rings is 1. The van der Waals surface area contributed by atoms with Crippen LogP contribution in [0.25, 0.3) is 12.3 Å². The van der Waals surface area contributed by atoms with E-state index in [2.05, 4.69) is 0 Å². The molecule has 1 aromatic rings. The first-order chi connectivity index (χ1) is 5.86. The van der Waals surface area contributed by atoms with E-state index in [0.717, 1.165) is 10.4 Å². The van der Waals surface area contributed by atoms with Crippen molar-refractivity contribution in [3.8, 4) is 0 Å². The molecule has 0 amide bonds. The first-order valence-corrected chi connectivity index (χ1v) is 3.85. The van der Waals surface area contributed by atoms with Crippen molar-refractivity contribution in [1.29, 1.82) is 0 Å². The van der Waals surface area contributed by atoms with Crippen LogP contribution in [0.1, 0.15) is 0 Å². The standard InChI is InChI=1S/C10H9NO/c12-11-7-3-6-9-4-1-2-5-10(9)8-11/h1-8,11H. The van der Waals surface area contributed by atoms with Gasteiger partial charge < -0.3 is 10.3 Å². The number of nitrogens with one attached hydrogen (secondary N) is 1. The minimum Gasteiger partial charge on any atom is -0.624 e. The van der Waals surface area contributed by atoms with Gasteiger partial charge in [-0.15, -0.1) is 0 Å². The van der Waals surface area contributed by atoms with E-state index in [-0.39, 0.29) is 5.06 Å². The first kappa shape index (κ1) is 7.28. The molecule has 1 atom stereocenters. The van der Waals surface area contributed by atoms with Gasteiger partial charge in [-0.3, -0.25) is 0 Å². The Hall–Kier alpha value is -1.38. The average Bonchev–Trinajstić information content (AvgIpc) is 2.25. The molecule has 1 unspecified atom stereocenters. The lowest BCUT2D eigenvalue weighted by atomic mass is 10.2. The summed E-state index contributed by atoms with van der Waals surface area (Å²) in [4.78, 5) is 0. The third-order valence-electron chi connectivity index (χ3n) is 1.83. The summed E-state index contributed by atoms with van der Waals surface area (Å²) in [7, 11) is 0. The fourth-order valence-corrected chi connectivity index (χ4v) is 1.24. The van der Waals surface area contributed by atoms with E-state index in [1.807, 2.05) is 30.3 Å². The highest BCUT2D eigenvalue weighted by atomic mass is 16.5. The number of hydrogen-bond donors (Lipinski definition) is 1. The maximum Gasteiger partial charge on any atom is 0.107 e. The number of hydrogen-bond acceptors (Lipinski definition) is 1. The van der Waals surface area contributed by atoms with Gasteiger partial charge in [0.2, 0.25) is 0 Å². The molecule has 2 nitrogen and oxygen atoms in total. The van der Waals surface area contributed by atoms with Crippen LogP contribution in [-0.2, 0) is 0 Å². The maximum atomic E-state index is 11.1. The molecule has 1 aliphatic rings. The van der Waals surface area contributed by atoms with Gasteiger partial charge in [-0.05, 0) is 23.4 Å². The van der Waals surface area contributed by atoms with Crippen molar-refractivity contribution >= 4 is 12.3 Å². The zero-order chi connectivity index (χ0) is 8.39. The summed E-state index contributed by atoms with van der Waals surface area (Å²) in [6.07, 6.45) is 6.94. The molecule has 0 fully saturated rings. The number of quaternary nitrogens is 1. The molecule has 1 aliphatic heterocycles. The molecule has 60 valence electrons. The van der Waals surface area contributed by atoms with Gasteiger partial charge in [-0.2, -0.15) is 0 Å². The SMILES string of the molecule is [O-][NH+]1C=CC=c2ccccc2=C1. The zero-order valence-electron chi connectivity index (χ0n) is 6.53. The van der Waals surface area contributed by atoms with Crippen LogP contribution in [0.5, 0.6) is 0 Å². The average molecular weight is 159 g/mol. The van der Waals surface area contributed by atoms with Crippen LogP contribution in [0, 0.1) is 5.21 Å². The van der Waals surface area contributed by atoms with E-state index >= 15 is 0 Å². The largest absolute Gasteiger partial charge is 0.624 e. The van der Waals surface area contributed by atoms with Gasteiger partial charge in [0.15, 0.2) is 0 Å². The molecule has 1 heterocycles. The predicted molar refractivity (Wildman–Crippen MR) is 48.1 cm³/mol. The van der Waals surface area contributed by atoms with E-state index in [1.165, 1.54) is 0 Å². The fraction of sp³-hybridized carbons (Fsp3) is 0. The van der Waals surface area contributed by atoms with Crippen LogP contribution in [-0.4, -0.2) is 0 Å². The Morgan fingerprint density at radius 3 is 2.67 bits per heavy atom. The molecule has 2 heteroatoms. The minimum atomic E-state index is 0.0520.